The fourth-order valence-corrected chi connectivity index (χ4v) is 3.20. The van der Waals surface area contributed by atoms with Gasteiger partial charge in [0.25, 0.3) is 11.5 Å². The van der Waals surface area contributed by atoms with E-state index in [1.807, 2.05) is 20.8 Å². The van der Waals surface area contributed by atoms with E-state index in [4.69, 9.17) is 0 Å². The molecule has 8 heteroatoms. The Morgan fingerprint density at radius 1 is 1.37 bits per heavy atom. The van der Waals surface area contributed by atoms with Gasteiger partial charge in [-0.1, -0.05) is 0 Å². The highest BCUT2D eigenvalue weighted by Gasteiger charge is 2.23. The second kappa shape index (κ2) is 7.77. The molecule has 1 atom stereocenters. The summed E-state index contributed by atoms with van der Waals surface area (Å²) >= 11 is 0. The molecule has 2 amide bonds. The third-order valence-electron chi connectivity index (χ3n) is 4.82. The Hall–Kier alpha value is -2.90. The van der Waals surface area contributed by atoms with Crippen molar-refractivity contribution in [3.63, 3.8) is 0 Å². The lowest BCUT2D eigenvalue weighted by atomic mass is 10.1. The molecule has 144 valence electrons. The van der Waals surface area contributed by atoms with E-state index in [0.29, 0.717) is 12.5 Å². The van der Waals surface area contributed by atoms with Gasteiger partial charge in [0.1, 0.15) is 12.1 Å². The number of nitrogens with one attached hydrogen (secondary N) is 3. The van der Waals surface area contributed by atoms with Crippen molar-refractivity contribution in [3.05, 3.63) is 51.2 Å². The molecule has 2 aromatic heterocycles. The van der Waals surface area contributed by atoms with Crippen LogP contribution < -0.4 is 16.2 Å². The van der Waals surface area contributed by atoms with Crippen molar-refractivity contribution in [2.45, 2.75) is 46.2 Å². The van der Waals surface area contributed by atoms with Gasteiger partial charge in [-0.05, 0) is 51.7 Å². The van der Waals surface area contributed by atoms with E-state index in [-0.39, 0.29) is 30.0 Å². The standard InChI is InChI=1S/C19H25N5O3/c1-11(17-12(2)22-23-13(17)3)21-16(25)10-24-8-4-5-15(19(24)27)18(26)20-9-14-6-7-14/h4-5,8,11,14H,6-7,9-10H2,1-3H3,(H,20,26)(H,21,25)(H,22,23). The van der Waals surface area contributed by atoms with Gasteiger partial charge in [0.05, 0.1) is 11.7 Å². The number of aromatic nitrogens is 3. The second-order valence-corrected chi connectivity index (χ2v) is 7.15. The van der Waals surface area contributed by atoms with Crippen LogP contribution in [0.5, 0.6) is 0 Å². The molecule has 0 aromatic carbocycles. The average molecular weight is 371 g/mol. The van der Waals surface area contributed by atoms with Crippen molar-refractivity contribution < 1.29 is 9.59 Å². The number of H-pyrrole nitrogens is 1. The predicted octanol–water partition coefficient (Wildman–Crippen LogP) is 1.21. The molecule has 1 aliphatic rings. The Morgan fingerprint density at radius 2 is 2.11 bits per heavy atom. The van der Waals surface area contributed by atoms with E-state index in [1.54, 1.807) is 6.07 Å². The Labute approximate surface area is 157 Å². The van der Waals surface area contributed by atoms with Crippen LogP contribution in [0.1, 0.15) is 53.1 Å². The SMILES string of the molecule is Cc1n[nH]c(C)c1C(C)NC(=O)Cn1cccc(C(=O)NCC2CC2)c1=O. The zero-order chi connectivity index (χ0) is 19.6. The zero-order valence-electron chi connectivity index (χ0n) is 15.8. The van der Waals surface area contributed by atoms with Crippen LogP contribution >= 0.6 is 0 Å². The molecule has 1 aliphatic carbocycles. The summed E-state index contributed by atoms with van der Waals surface area (Å²) in [7, 11) is 0. The van der Waals surface area contributed by atoms with Gasteiger partial charge >= 0.3 is 0 Å². The fourth-order valence-electron chi connectivity index (χ4n) is 3.20. The lowest BCUT2D eigenvalue weighted by Gasteiger charge is -2.15. The van der Waals surface area contributed by atoms with Crippen LogP contribution in [-0.4, -0.2) is 33.1 Å². The molecule has 3 N–H and O–H groups in total. The molecule has 8 nitrogen and oxygen atoms in total. The van der Waals surface area contributed by atoms with Crippen LogP contribution in [0, 0.1) is 19.8 Å². The van der Waals surface area contributed by atoms with E-state index in [1.165, 1.54) is 16.8 Å². The Kier molecular flexibility index (Phi) is 5.43. The number of carbonyl (C=O) groups is 2. The van der Waals surface area contributed by atoms with Crippen molar-refractivity contribution in [2.75, 3.05) is 6.54 Å². The van der Waals surface area contributed by atoms with Crippen molar-refractivity contribution >= 4 is 11.8 Å². The summed E-state index contributed by atoms with van der Waals surface area (Å²) in [6.07, 6.45) is 3.75. The van der Waals surface area contributed by atoms with Crippen LogP contribution in [0.25, 0.3) is 0 Å². The Bertz CT molecular complexity index is 891. The van der Waals surface area contributed by atoms with E-state index >= 15 is 0 Å². The molecule has 0 radical (unpaired) electrons. The second-order valence-electron chi connectivity index (χ2n) is 7.15. The first-order valence-corrected chi connectivity index (χ1v) is 9.15. The normalized spacial score (nSPS) is 14.6. The minimum atomic E-state index is -0.468. The number of aryl methyl sites for hydroxylation is 2. The van der Waals surface area contributed by atoms with E-state index in [2.05, 4.69) is 20.8 Å². The first-order chi connectivity index (χ1) is 12.9. The molecule has 1 unspecified atom stereocenters. The van der Waals surface area contributed by atoms with Crippen LogP contribution in [-0.2, 0) is 11.3 Å². The quantitative estimate of drug-likeness (QED) is 0.679. The summed E-state index contributed by atoms with van der Waals surface area (Å²) in [5.41, 5.74) is 2.24. The third kappa shape index (κ3) is 4.45. The van der Waals surface area contributed by atoms with Crippen molar-refractivity contribution in [1.82, 2.24) is 25.4 Å². The minimum Gasteiger partial charge on any atom is -0.352 e. The van der Waals surface area contributed by atoms with Crippen LogP contribution in [0.2, 0.25) is 0 Å². The monoisotopic (exact) mass is 371 g/mol. The van der Waals surface area contributed by atoms with Crippen LogP contribution in [0.3, 0.4) is 0 Å². The van der Waals surface area contributed by atoms with Gasteiger partial charge < -0.3 is 15.2 Å². The van der Waals surface area contributed by atoms with Crippen LogP contribution in [0.15, 0.2) is 23.1 Å². The summed E-state index contributed by atoms with van der Waals surface area (Å²) in [5, 5.41) is 12.7. The summed E-state index contributed by atoms with van der Waals surface area (Å²) < 4.78 is 1.25. The first-order valence-electron chi connectivity index (χ1n) is 9.15. The molecule has 0 saturated heterocycles. The minimum absolute atomic E-state index is 0.0560. The Morgan fingerprint density at radius 3 is 2.74 bits per heavy atom. The predicted molar refractivity (Wildman–Crippen MR) is 100 cm³/mol. The number of pyridine rings is 1. The average Bonchev–Trinajstić information content (AvgIpc) is 3.38. The van der Waals surface area contributed by atoms with Gasteiger partial charge in [-0.2, -0.15) is 5.10 Å². The largest absolute Gasteiger partial charge is 0.352 e. The molecular weight excluding hydrogens is 346 g/mol. The Balaban J connectivity index is 1.66. The third-order valence-corrected chi connectivity index (χ3v) is 4.82. The summed E-state index contributed by atoms with van der Waals surface area (Å²) in [4.78, 5) is 37.1. The molecule has 0 bridgehead atoms. The molecule has 0 spiro atoms. The number of aromatic amines is 1. The zero-order valence-corrected chi connectivity index (χ0v) is 15.8. The highest BCUT2D eigenvalue weighted by atomic mass is 16.2. The first kappa shape index (κ1) is 18.9. The molecule has 0 aliphatic heterocycles. The maximum Gasteiger partial charge on any atom is 0.263 e. The lowest BCUT2D eigenvalue weighted by Crippen LogP contribution is -2.37. The van der Waals surface area contributed by atoms with Crippen molar-refractivity contribution in [1.29, 1.82) is 0 Å². The van der Waals surface area contributed by atoms with Crippen LogP contribution in [0.4, 0.5) is 0 Å². The maximum absolute atomic E-state index is 12.5. The maximum atomic E-state index is 12.5. The number of carbonyl (C=O) groups excluding carboxylic acids is 2. The van der Waals surface area contributed by atoms with Gasteiger partial charge in [-0.3, -0.25) is 19.5 Å². The van der Waals surface area contributed by atoms with Gasteiger partial charge in [0, 0.05) is 24.0 Å². The number of nitrogens with zero attached hydrogens (tertiary/aromatic N) is 2. The summed E-state index contributed by atoms with van der Waals surface area (Å²) in [5.74, 6) is -0.165. The molecule has 1 fully saturated rings. The van der Waals surface area contributed by atoms with E-state index < -0.39 is 5.56 Å². The van der Waals surface area contributed by atoms with Gasteiger partial charge in [-0.15, -0.1) is 0 Å². The molecule has 3 rings (SSSR count). The topological polar surface area (TPSA) is 109 Å². The molecular formula is C19H25N5O3. The summed E-state index contributed by atoms with van der Waals surface area (Å²) in [6.45, 7) is 6.08. The highest BCUT2D eigenvalue weighted by molar-refractivity contribution is 5.93. The molecule has 2 aromatic rings. The number of amides is 2. The van der Waals surface area contributed by atoms with Gasteiger partial charge in [-0.25, -0.2) is 0 Å². The number of rotatable bonds is 7. The molecule has 1 saturated carbocycles. The molecule has 2 heterocycles. The van der Waals surface area contributed by atoms with E-state index in [0.717, 1.165) is 29.8 Å². The highest BCUT2D eigenvalue weighted by Crippen LogP contribution is 2.27. The molecule has 27 heavy (non-hydrogen) atoms. The smallest absolute Gasteiger partial charge is 0.263 e. The van der Waals surface area contributed by atoms with Gasteiger partial charge in [0.2, 0.25) is 5.91 Å². The number of hydrogen-bond donors (Lipinski definition) is 3. The van der Waals surface area contributed by atoms with Crippen molar-refractivity contribution in [3.8, 4) is 0 Å². The van der Waals surface area contributed by atoms with Gasteiger partial charge in [0.15, 0.2) is 0 Å². The fraction of sp³-hybridized carbons (Fsp3) is 0.474. The van der Waals surface area contributed by atoms with E-state index in [9.17, 15) is 14.4 Å². The summed E-state index contributed by atoms with van der Waals surface area (Å²) in [6, 6.07) is 2.85. The number of hydrogen-bond acceptors (Lipinski definition) is 4. The lowest BCUT2D eigenvalue weighted by molar-refractivity contribution is -0.122. The van der Waals surface area contributed by atoms with Crippen molar-refractivity contribution in [2.24, 2.45) is 5.92 Å².